The minimum absolute atomic E-state index is 0.128. The molecule has 1 N–H and O–H groups in total. The Labute approximate surface area is 112 Å². The summed E-state index contributed by atoms with van der Waals surface area (Å²) < 4.78 is 6.93. The van der Waals surface area contributed by atoms with Gasteiger partial charge in [-0.05, 0) is 29.5 Å². The molecule has 0 unspecified atom stereocenters. The molecular formula is C15H19NO3. The number of aliphatic hydroxyl groups excluding tert-OH is 1. The Kier molecular flexibility index (Phi) is 3.90. The lowest BCUT2D eigenvalue weighted by molar-refractivity contribution is 0.279. The largest absolute Gasteiger partial charge is 0.497 e. The van der Waals surface area contributed by atoms with E-state index in [-0.39, 0.29) is 12.2 Å². The van der Waals surface area contributed by atoms with Gasteiger partial charge in [-0.3, -0.25) is 4.79 Å². The average Bonchev–Trinajstić information content (AvgIpc) is 2.40. The molecule has 0 atom stereocenters. The van der Waals surface area contributed by atoms with Crippen LogP contribution in [0.1, 0.15) is 19.4 Å². The SMILES string of the molecule is COc1ccc2cc(CO)c(=O)n(CC(C)C)c2c1. The molecule has 0 aliphatic rings. The van der Waals surface area contributed by atoms with Crippen LogP contribution in [0.2, 0.25) is 0 Å². The second-order valence-electron chi connectivity index (χ2n) is 5.06. The van der Waals surface area contributed by atoms with Crippen LogP contribution in [-0.4, -0.2) is 16.8 Å². The fraction of sp³-hybridized carbons (Fsp3) is 0.400. The van der Waals surface area contributed by atoms with Crippen LogP contribution in [0, 0.1) is 5.92 Å². The molecule has 0 saturated heterocycles. The molecule has 102 valence electrons. The molecular weight excluding hydrogens is 242 g/mol. The second-order valence-corrected chi connectivity index (χ2v) is 5.06. The lowest BCUT2D eigenvalue weighted by Crippen LogP contribution is -2.26. The van der Waals surface area contributed by atoms with Crippen molar-refractivity contribution < 1.29 is 9.84 Å². The van der Waals surface area contributed by atoms with E-state index in [0.29, 0.717) is 18.0 Å². The first-order chi connectivity index (χ1) is 9.06. The highest BCUT2D eigenvalue weighted by Gasteiger charge is 2.10. The zero-order valence-electron chi connectivity index (χ0n) is 11.5. The number of benzene rings is 1. The van der Waals surface area contributed by atoms with E-state index in [4.69, 9.17) is 4.74 Å². The first kappa shape index (κ1) is 13.6. The Balaban J connectivity index is 2.76. The molecule has 4 nitrogen and oxygen atoms in total. The standard InChI is InChI=1S/C15H19NO3/c1-10(2)8-16-14-7-13(19-3)5-4-11(14)6-12(9-17)15(16)18/h4-7,10,17H,8-9H2,1-3H3. The highest BCUT2D eigenvalue weighted by molar-refractivity contribution is 5.81. The molecule has 0 bridgehead atoms. The van der Waals surface area contributed by atoms with E-state index >= 15 is 0 Å². The van der Waals surface area contributed by atoms with E-state index in [1.807, 2.05) is 18.2 Å². The quantitative estimate of drug-likeness (QED) is 0.917. The van der Waals surface area contributed by atoms with E-state index < -0.39 is 0 Å². The number of rotatable bonds is 4. The summed E-state index contributed by atoms with van der Waals surface area (Å²) in [4.78, 5) is 12.3. The Hall–Kier alpha value is -1.81. The fourth-order valence-electron chi connectivity index (χ4n) is 2.20. The topological polar surface area (TPSA) is 51.5 Å². The van der Waals surface area contributed by atoms with Gasteiger partial charge in [0.25, 0.3) is 5.56 Å². The van der Waals surface area contributed by atoms with Crippen LogP contribution in [0.15, 0.2) is 29.1 Å². The summed E-state index contributed by atoms with van der Waals surface area (Å²) in [7, 11) is 1.61. The van der Waals surface area contributed by atoms with Gasteiger partial charge >= 0.3 is 0 Å². The van der Waals surface area contributed by atoms with Crippen molar-refractivity contribution >= 4 is 10.9 Å². The number of hydrogen-bond donors (Lipinski definition) is 1. The number of methoxy groups -OCH3 is 1. The number of nitrogens with zero attached hydrogens (tertiary/aromatic N) is 1. The van der Waals surface area contributed by atoms with Crippen molar-refractivity contribution in [2.24, 2.45) is 5.92 Å². The first-order valence-corrected chi connectivity index (χ1v) is 6.38. The Morgan fingerprint density at radius 3 is 2.63 bits per heavy atom. The molecule has 4 heteroatoms. The number of ether oxygens (including phenoxy) is 1. The summed E-state index contributed by atoms with van der Waals surface area (Å²) in [5, 5.41) is 10.2. The van der Waals surface area contributed by atoms with E-state index in [1.54, 1.807) is 17.7 Å². The third-order valence-electron chi connectivity index (χ3n) is 3.10. The summed E-state index contributed by atoms with van der Waals surface area (Å²) in [6.45, 7) is 4.50. The lowest BCUT2D eigenvalue weighted by atomic mass is 10.1. The molecule has 0 saturated carbocycles. The molecule has 2 aromatic rings. The third-order valence-corrected chi connectivity index (χ3v) is 3.10. The van der Waals surface area contributed by atoms with Crippen molar-refractivity contribution in [3.63, 3.8) is 0 Å². The van der Waals surface area contributed by atoms with Crippen molar-refractivity contribution in [2.75, 3.05) is 7.11 Å². The molecule has 0 radical (unpaired) electrons. The maximum atomic E-state index is 12.3. The van der Waals surface area contributed by atoms with Gasteiger partial charge in [-0.2, -0.15) is 0 Å². The predicted octanol–water partition coefficient (Wildman–Crippen LogP) is 2.16. The minimum Gasteiger partial charge on any atom is -0.497 e. The van der Waals surface area contributed by atoms with Gasteiger partial charge in [-0.15, -0.1) is 0 Å². The molecule has 0 spiro atoms. The molecule has 0 aliphatic carbocycles. The van der Waals surface area contributed by atoms with Crippen molar-refractivity contribution in [2.45, 2.75) is 27.0 Å². The van der Waals surface area contributed by atoms with Crippen LogP contribution in [0.4, 0.5) is 0 Å². The smallest absolute Gasteiger partial charge is 0.256 e. The molecule has 1 heterocycles. The number of aliphatic hydroxyl groups is 1. The van der Waals surface area contributed by atoms with E-state index in [1.165, 1.54) is 0 Å². The molecule has 19 heavy (non-hydrogen) atoms. The van der Waals surface area contributed by atoms with Crippen LogP contribution in [0.5, 0.6) is 5.75 Å². The molecule has 1 aromatic heterocycles. The van der Waals surface area contributed by atoms with E-state index in [2.05, 4.69) is 13.8 Å². The van der Waals surface area contributed by atoms with Gasteiger partial charge in [0.2, 0.25) is 0 Å². The molecule has 2 rings (SSSR count). The lowest BCUT2D eigenvalue weighted by Gasteiger charge is -2.15. The van der Waals surface area contributed by atoms with Gasteiger partial charge in [0.1, 0.15) is 5.75 Å². The average molecular weight is 261 g/mol. The maximum Gasteiger partial charge on any atom is 0.256 e. The van der Waals surface area contributed by atoms with Gasteiger partial charge in [0.05, 0.1) is 19.2 Å². The van der Waals surface area contributed by atoms with Crippen molar-refractivity contribution in [1.82, 2.24) is 4.57 Å². The number of fused-ring (bicyclic) bond motifs is 1. The van der Waals surface area contributed by atoms with Crippen molar-refractivity contribution in [3.05, 3.63) is 40.2 Å². The van der Waals surface area contributed by atoms with Crippen LogP contribution in [0.3, 0.4) is 0 Å². The summed E-state index contributed by atoms with van der Waals surface area (Å²) in [6.07, 6.45) is 0. The highest BCUT2D eigenvalue weighted by atomic mass is 16.5. The van der Waals surface area contributed by atoms with E-state index in [9.17, 15) is 9.90 Å². The van der Waals surface area contributed by atoms with E-state index in [0.717, 1.165) is 16.7 Å². The van der Waals surface area contributed by atoms with Crippen LogP contribution in [0.25, 0.3) is 10.9 Å². The zero-order valence-corrected chi connectivity index (χ0v) is 11.5. The summed E-state index contributed by atoms with van der Waals surface area (Å²) in [5.74, 6) is 1.07. The Morgan fingerprint density at radius 2 is 2.05 bits per heavy atom. The van der Waals surface area contributed by atoms with Crippen LogP contribution >= 0.6 is 0 Å². The van der Waals surface area contributed by atoms with Crippen LogP contribution < -0.4 is 10.3 Å². The summed E-state index contributed by atoms with van der Waals surface area (Å²) in [5.41, 5.74) is 1.14. The minimum atomic E-state index is -0.237. The Bertz CT molecular complexity index is 644. The Morgan fingerprint density at radius 1 is 1.32 bits per heavy atom. The summed E-state index contributed by atoms with van der Waals surface area (Å²) >= 11 is 0. The zero-order chi connectivity index (χ0) is 14.0. The van der Waals surface area contributed by atoms with Gasteiger partial charge in [0.15, 0.2) is 0 Å². The monoisotopic (exact) mass is 261 g/mol. The molecule has 1 aromatic carbocycles. The predicted molar refractivity (Wildman–Crippen MR) is 75.5 cm³/mol. The highest BCUT2D eigenvalue weighted by Crippen LogP contribution is 2.21. The van der Waals surface area contributed by atoms with Crippen molar-refractivity contribution in [1.29, 1.82) is 0 Å². The second kappa shape index (κ2) is 5.45. The van der Waals surface area contributed by atoms with Gasteiger partial charge < -0.3 is 14.4 Å². The molecule has 0 aliphatic heterocycles. The fourth-order valence-corrected chi connectivity index (χ4v) is 2.20. The van der Waals surface area contributed by atoms with Gasteiger partial charge in [-0.25, -0.2) is 0 Å². The van der Waals surface area contributed by atoms with Gasteiger partial charge in [0, 0.05) is 18.2 Å². The van der Waals surface area contributed by atoms with Crippen LogP contribution in [-0.2, 0) is 13.2 Å². The summed E-state index contributed by atoms with van der Waals surface area (Å²) in [6, 6.07) is 7.37. The van der Waals surface area contributed by atoms with Gasteiger partial charge in [-0.1, -0.05) is 13.8 Å². The first-order valence-electron chi connectivity index (χ1n) is 6.38. The number of pyridine rings is 1. The molecule has 0 fully saturated rings. The normalized spacial score (nSPS) is 11.2. The molecule has 0 amide bonds. The maximum absolute atomic E-state index is 12.3. The number of aromatic nitrogens is 1. The van der Waals surface area contributed by atoms with Crippen molar-refractivity contribution in [3.8, 4) is 5.75 Å². The number of hydrogen-bond acceptors (Lipinski definition) is 3. The third kappa shape index (κ3) is 2.63.